The quantitative estimate of drug-likeness (QED) is 0.671. The predicted molar refractivity (Wildman–Crippen MR) is 66.9 cm³/mol. The molecule has 1 aromatic carbocycles. The van der Waals surface area contributed by atoms with Gasteiger partial charge in [-0.25, -0.2) is 0 Å². The third-order valence-corrected chi connectivity index (χ3v) is 2.94. The molecule has 0 N–H and O–H groups in total. The van der Waals surface area contributed by atoms with Gasteiger partial charge in [0.2, 0.25) is 0 Å². The molecule has 0 aliphatic carbocycles. The molecular formula is C13H19Br. The summed E-state index contributed by atoms with van der Waals surface area (Å²) in [7, 11) is 0. The van der Waals surface area contributed by atoms with Crippen LogP contribution in [0.1, 0.15) is 51.7 Å². The molecular weight excluding hydrogens is 236 g/mol. The first-order valence-corrected chi connectivity index (χ1v) is 5.91. The summed E-state index contributed by atoms with van der Waals surface area (Å²) in [6.45, 7) is 11.3. The first-order valence-electron chi connectivity index (χ1n) is 5.12. The summed E-state index contributed by atoms with van der Waals surface area (Å²) in [5.41, 5.74) is 3.14. The Morgan fingerprint density at radius 2 is 1.71 bits per heavy atom. The minimum absolute atomic E-state index is 0.236. The zero-order chi connectivity index (χ0) is 10.9. The second-order valence-corrected chi connectivity index (χ2v) is 6.05. The first-order chi connectivity index (χ1) is 6.32. The highest BCUT2D eigenvalue weighted by molar-refractivity contribution is 9.10. The van der Waals surface area contributed by atoms with Crippen LogP contribution in [0.5, 0.6) is 0 Å². The highest BCUT2D eigenvalue weighted by Crippen LogP contribution is 2.32. The Balaban J connectivity index is 3.29. The molecule has 0 spiro atoms. The van der Waals surface area contributed by atoms with E-state index in [-0.39, 0.29) is 5.41 Å². The van der Waals surface area contributed by atoms with E-state index >= 15 is 0 Å². The van der Waals surface area contributed by atoms with Crippen LogP contribution in [0.15, 0.2) is 22.7 Å². The Morgan fingerprint density at radius 3 is 2.14 bits per heavy atom. The maximum atomic E-state index is 3.53. The zero-order valence-corrected chi connectivity index (χ0v) is 11.3. The Labute approximate surface area is 95.9 Å². The molecule has 0 radical (unpaired) electrons. The Morgan fingerprint density at radius 1 is 1.14 bits per heavy atom. The van der Waals surface area contributed by atoms with Gasteiger partial charge in [-0.2, -0.15) is 0 Å². The van der Waals surface area contributed by atoms with Crippen molar-refractivity contribution in [3.05, 3.63) is 33.8 Å². The van der Waals surface area contributed by atoms with Gasteiger partial charge in [-0.05, 0) is 34.6 Å². The largest absolute Gasteiger partial charge is 0.0587 e. The van der Waals surface area contributed by atoms with Crippen molar-refractivity contribution in [3.8, 4) is 0 Å². The second kappa shape index (κ2) is 4.06. The van der Waals surface area contributed by atoms with Crippen LogP contribution < -0.4 is 0 Å². The summed E-state index contributed by atoms with van der Waals surface area (Å²) in [6, 6.07) is 6.61. The molecule has 0 saturated carbocycles. The van der Waals surface area contributed by atoms with Crippen molar-refractivity contribution in [2.75, 3.05) is 0 Å². The second-order valence-electron chi connectivity index (χ2n) is 5.14. The minimum Gasteiger partial charge on any atom is -0.0587 e. The predicted octanol–water partition coefficient (Wildman–Crippen LogP) is 4.87. The van der Waals surface area contributed by atoms with Gasteiger partial charge >= 0.3 is 0 Å². The molecule has 0 atom stereocenters. The standard InChI is InChI=1S/C13H19Br/c1-9(2)11-8-10(14)6-7-12(11)13(3,4)5/h6-9H,1-5H3. The summed E-state index contributed by atoms with van der Waals surface area (Å²) in [5, 5.41) is 0. The van der Waals surface area contributed by atoms with Crippen LogP contribution >= 0.6 is 15.9 Å². The molecule has 0 heterocycles. The fraction of sp³-hybridized carbons (Fsp3) is 0.538. The summed E-state index contributed by atoms with van der Waals surface area (Å²) >= 11 is 3.53. The van der Waals surface area contributed by atoms with Gasteiger partial charge < -0.3 is 0 Å². The van der Waals surface area contributed by atoms with Crippen molar-refractivity contribution >= 4 is 15.9 Å². The molecule has 0 aliphatic rings. The number of benzene rings is 1. The molecule has 0 bridgehead atoms. The molecule has 0 fully saturated rings. The van der Waals surface area contributed by atoms with Crippen molar-refractivity contribution in [2.24, 2.45) is 0 Å². The van der Waals surface area contributed by atoms with Crippen LogP contribution in [0.2, 0.25) is 0 Å². The van der Waals surface area contributed by atoms with Crippen molar-refractivity contribution in [3.63, 3.8) is 0 Å². The lowest BCUT2D eigenvalue weighted by atomic mass is 9.81. The summed E-state index contributed by atoms with van der Waals surface area (Å²) < 4.78 is 1.18. The van der Waals surface area contributed by atoms with Crippen molar-refractivity contribution in [1.82, 2.24) is 0 Å². The van der Waals surface area contributed by atoms with Crippen molar-refractivity contribution in [2.45, 2.75) is 46.0 Å². The molecule has 14 heavy (non-hydrogen) atoms. The van der Waals surface area contributed by atoms with E-state index in [1.807, 2.05) is 0 Å². The smallest absolute Gasteiger partial charge is 0.0178 e. The molecule has 0 saturated heterocycles. The summed E-state index contributed by atoms with van der Waals surface area (Å²) in [4.78, 5) is 0. The maximum Gasteiger partial charge on any atom is 0.0178 e. The average Bonchev–Trinajstić information content (AvgIpc) is 2.01. The lowest BCUT2D eigenvalue weighted by Crippen LogP contribution is -2.14. The highest BCUT2D eigenvalue weighted by Gasteiger charge is 2.19. The lowest BCUT2D eigenvalue weighted by molar-refractivity contribution is 0.577. The van der Waals surface area contributed by atoms with Crippen molar-refractivity contribution in [1.29, 1.82) is 0 Å². The van der Waals surface area contributed by atoms with Crippen LogP contribution in [0.4, 0.5) is 0 Å². The lowest BCUT2D eigenvalue weighted by Gasteiger charge is -2.25. The maximum absolute atomic E-state index is 3.53. The number of rotatable bonds is 1. The third kappa shape index (κ3) is 2.60. The highest BCUT2D eigenvalue weighted by atomic mass is 79.9. The normalized spacial score (nSPS) is 12.2. The molecule has 1 heteroatoms. The van der Waals surface area contributed by atoms with E-state index in [2.05, 4.69) is 68.7 Å². The van der Waals surface area contributed by atoms with Gasteiger partial charge in [-0.3, -0.25) is 0 Å². The Kier molecular flexibility index (Phi) is 3.41. The zero-order valence-electron chi connectivity index (χ0n) is 9.69. The topological polar surface area (TPSA) is 0 Å². The fourth-order valence-electron chi connectivity index (χ4n) is 1.69. The van der Waals surface area contributed by atoms with Crippen LogP contribution in [0.25, 0.3) is 0 Å². The van der Waals surface area contributed by atoms with Gasteiger partial charge in [0, 0.05) is 4.47 Å². The first kappa shape index (κ1) is 11.8. The van der Waals surface area contributed by atoms with Gasteiger partial charge in [0.05, 0.1) is 0 Å². The van der Waals surface area contributed by atoms with Gasteiger partial charge in [-0.15, -0.1) is 0 Å². The SMILES string of the molecule is CC(C)c1cc(Br)ccc1C(C)(C)C. The molecule has 0 unspecified atom stereocenters. The van der Waals surface area contributed by atoms with Gasteiger partial charge in [0.1, 0.15) is 0 Å². The molecule has 0 aromatic heterocycles. The molecule has 0 amide bonds. The van der Waals surface area contributed by atoms with E-state index < -0.39 is 0 Å². The number of halogens is 1. The van der Waals surface area contributed by atoms with Gasteiger partial charge in [-0.1, -0.05) is 56.6 Å². The van der Waals surface area contributed by atoms with Gasteiger partial charge in [0.15, 0.2) is 0 Å². The van der Waals surface area contributed by atoms with E-state index in [1.165, 1.54) is 15.6 Å². The van der Waals surface area contributed by atoms with Crippen LogP contribution in [-0.2, 0) is 5.41 Å². The summed E-state index contributed by atoms with van der Waals surface area (Å²) in [5.74, 6) is 0.585. The van der Waals surface area contributed by atoms with E-state index in [1.54, 1.807) is 0 Å². The summed E-state index contributed by atoms with van der Waals surface area (Å²) in [6.07, 6.45) is 0. The molecule has 1 aromatic rings. The Hall–Kier alpha value is -0.300. The van der Waals surface area contributed by atoms with Crippen LogP contribution in [0, 0.1) is 0 Å². The molecule has 0 nitrogen and oxygen atoms in total. The molecule has 78 valence electrons. The van der Waals surface area contributed by atoms with Crippen LogP contribution in [0.3, 0.4) is 0 Å². The van der Waals surface area contributed by atoms with Gasteiger partial charge in [0.25, 0.3) is 0 Å². The van der Waals surface area contributed by atoms with Crippen LogP contribution in [-0.4, -0.2) is 0 Å². The van der Waals surface area contributed by atoms with Crippen molar-refractivity contribution < 1.29 is 0 Å². The van der Waals surface area contributed by atoms with E-state index in [0.717, 1.165) is 0 Å². The monoisotopic (exact) mass is 254 g/mol. The molecule has 1 rings (SSSR count). The Bertz CT molecular complexity index is 318. The third-order valence-electron chi connectivity index (χ3n) is 2.44. The van der Waals surface area contributed by atoms with E-state index in [4.69, 9.17) is 0 Å². The number of hydrogen-bond donors (Lipinski definition) is 0. The van der Waals surface area contributed by atoms with E-state index in [9.17, 15) is 0 Å². The minimum atomic E-state index is 0.236. The number of hydrogen-bond acceptors (Lipinski definition) is 0. The molecule has 0 aliphatic heterocycles. The fourth-order valence-corrected chi connectivity index (χ4v) is 2.07. The van der Waals surface area contributed by atoms with E-state index in [0.29, 0.717) is 5.92 Å². The average molecular weight is 255 g/mol.